The zero-order valence-corrected chi connectivity index (χ0v) is 11.9. The maximum atomic E-state index is 11.5. The van der Waals surface area contributed by atoms with E-state index in [0.717, 1.165) is 24.1 Å². The van der Waals surface area contributed by atoms with Gasteiger partial charge in [0, 0.05) is 18.8 Å². The number of aromatic nitrogens is 2. The number of aryl methyl sites for hydroxylation is 2. The van der Waals surface area contributed by atoms with E-state index in [1.54, 1.807) is 22.9 Å². The standard InChI is InChI=1S/C15H18N2O3/c1-4-5-14-13(9-17(2)16-14)11-7-6-10(20-3)8-12(11)15(18)19/h6-9H,4-5H2,1-3H3,(H,18,19). The molecule has 106 valence electrons. The molecule has 5 heteroatoms. The van der Waals surface area contributed by atoms with Gasteiger partial charge in [-0.3, -0.25) is 4.68 Å². The highest BCUT2D eigenvalue weighted by Gasteiger charge is 2.17. The van der Waals surface area contributed by atoms with E-state index in [-0.39, 0.29) is 5.56 Å². The van der Waals surface area contributed by atoms with Crippen molar-refractivity contribution in [3.63, 3.8) is 0 Å². The number of carbonyl (C=O) groups is 1. The van der Waals surface area contributed by atoms with Gasteiger partial charge in [0.2, 0.25) is 0 Å². The topological polar surface area (TPSA) is 64.4 Å². The molecule has 0 radical (unpaired) electrons. The van der Waals surface area contributed by atoms with Crippen LogP contribution in [-0.2, 0) is 13.5 Å². The number of hydrogen-bond acceptors (Lipinski definition) is 3. The Morgan fingerprint density at radius 1 is 1.40 bits per heavy atom. The van der Waals surface area contributed by atoms with E-state index in [0.29, 0.717) is 11.3 Å². The summed E-state index contributed by atoms with van der Waals surface area (Å²) < 4.78 is 6.81. The third kappa shape index (κ3) is 2.66. The van der Waals surface area contributed by atoms with Gasteiger partial charge in [0.05, 0.1) is 18.4 Å². The molecular weight excluding hydrogens is 256 g/mol. The largest absolute Gasteiger partial charge is 0.497 e. The van der Waals surface area contributed by atoms with Gasteiger partial charge < -0.3 is 9.84 Å². The molecule has 1 aromatic heterocycles. The maximum Gasteiger partial charge on any atom is 0.336 e. The van der Waals surface area contributed by atoms with Gasteiger partial charge in [0.1, 0.15) is 5.75 Å². The van der Waals surface area contributed by atoms with Crippen molar-refractivity contribution in [2.75, 3.05) is 7.11 Å². The molecule has 1 aromatic carbocycles. The average Bonchev–Trinajstić information content (AvgIpc) is 2.79. The lowest BCUT2D eigenvalue weighted by Gasteiger charge is -2.08. The van der Waals surface area contributed by atoms with Crippen molar-refractivity contribution in [3.05, 3.63) is 35.7 Å². The minimum absolute atomic E-state index is 0.231. The molecule has 0 fully saturated rings. The normalized spacial score (nSPS) is 10.6. The first-order chi connectivity index (χ1) is 9.56. The summed E-state index contributed by atoms with van der Waals surface area (Å²) >= 11 is 0. The molecule has 2 aromatic rings. The summed E-state index contributed by atoms with van der Waals surface area (Å²) in [5.41, 5.74) is 2.70. The highest BCUT2D eigenvalue weighted by molar-refractivity contribution is 5.96. The van der Waals surface area contributed by atoms with Crippen molar-refractivity contribution < 1.29 is 14.6 Å². The van der Waals surface area contributed by atoms with Crippen LogP contribution in [0.25, 0.3) is 11.1 Å². The molecule has 0 aliphatic heterocycles. The number of ether oxygens (including phenoxy) is 1. The van der Waals surface area contributed by atoms with Gasteiger partial charge in [0.15, 0.2) is 0 Å². The average molecular weight is 274 g/mol. The Hall–Kier alpha value is -2.30. The van der Waals surface area contributed by atoms with Gasteiger partial charge >= 0.3 is 5.97 Å². The fraction of sp³-hybridized carbons (Fsp3) is 0.333. The maximum absolute atomic E-state index is 11.5. The zero-order valence-electron chi connectivity index (χ0n) is 11.9. The van der Waals surface area contributed by atoms with Crippen molar-refractivity contribution in [2.45, 2.75) is 19.8 Å². The van der Waals surface area contributed by atoms with E-state index in [9.17, 15) is 9.90 Å². The van der Waals surface area contributed by atoms with Crippen molar-refractivity contribution >= 4 is 5.97 Å². The molecule has 0 bridgehead atoms. The van der Waals surface area contributed by atoms with Crippen molar-refractivity contribution in [2.24, 2.45) is 7.05 Å². The second-order valence-corrected chi connectivity index (χ2v) is 4.63. The summed E-state index contributed by atoms with van der Waals surface area (Å²) in [6, 6.07) is 5.09. The van der Waals surface area contributed by atoms with Crippen LogP contribution in [0.3, 0.4) is 0 Å². The monoisotopic (exact) mass is 274 g/mol. The number of aromatic carboxylic acids is 1. The molecule has 5 nitrogen and oxygen atoms in total. The number of carboxylic acid groups (broad SMARTS) is 1. The summed E-state index contributed by atoms with van der Waals surface area (Å²) in [4.78, 5) is 11.5. The summed E-state index contributed by atoms with van der Waals surface area (Å²) in [6.45, 7) is 2.07. The number of rotatable bonds is 5. The number of benzene rings is 1. The van der Waals surface area contributed by atoms with Crippen LogP contribution >= 0.6 is 0 Å². The number of hydrogen-bond donors (Lipinski definition) is 1. The zero-order chi connectivity index (χ0) is 14.7. The SMILES string of the molecule is CCCc1nn(C)cc1-c1ccc(OC)cc1C(=O)O. The fourth-order valence-corrected chi connectivity index (χ4v) is 2.24. The van der Waals surface area contributed by atoms with Crippen LogP contribution in [0, 0.1) is 0 Å². The van der Waals surface area contributed by atoms with Gasteiger partial charge in [-0.05, 0) is 30.2 Å². The van der Waals surface area contributed by atoms with Crippen molar-refractivity contribution in [1.29, 1.82) is 0 Å². The van der Waals surface area contributed by atoms with Crippen LogP contribution in [0.15, 0.2) is 24.4 Å². The molecule has 0 aliphatic carbocycles. The van der Waals surface area contributed by atoms with E-state index in [1.165, 1.54) is 7.11 Å². The quantitative estimate of drug-likeness (QED) is 0.910. The minimum Gasteiger partial charge on any atom is -0.497 e. The fourth-order valence-electron chi connectivity index (χ4n) is 2.24. The van der Waals surface area contributed by atoms with Gasteiger partial charge in [0.25, 0.3) is 0 Å². The molecule has 20 heavy (non-hydrogen) atoms. The third-order valence-electron chi connectivity index (χ3n) is 3.14. The molecular formula is C15H18N2O3. The van der Waals surface area contributed by atoms with Gasteiger partial charge in [-0.15, -0.1) is 0 Å². The lowest BCUT2D eigenvalue weighted by atomic mass is 9.98. The van der Waals surface area contributed by atoms with Gasteiger partial charge in [-0.2, -0.15) is 5.10 Å². The second-order valence-electron chi connectivity index (χ2n) is 4.63. The smallest absolute Gasteiger partial charge is 0.336 e. The van der Waals surface area contributed by atoms with Crippen LogP contribution in [0.4, 0.5) is 0 Å². The number of carboxylic acids is 1. The van der Waals surface area contributed by atoms with Crippen molar-refractivity contribution in [3.8, 4) is 16.9 Å². The van der Waals surface area contributed by atoms with E-state index < -0.39 is 5.97 Å². The predicted molar refractivity (Wildman–Crippen MR) is 76.2 cm³/mol. The third-order valence-corrected chi connectivity index (χ3v) is 3.14. The van der Waals surface area contributed by atoms with Crippen LogP contribution in [-0.4, -0.2) is 28.0 Å². The van der Waals surface area contributed by atoms with Crippen LogP contribution in [0.2, 0.25) is 0 Å². The Balaban J connectivity index is 2.59. The molecule has 0 aliphatic rings. The molecule has 0 atom stereocenters. The molecule has 0 spiro atoms. The highest BCUT2D eigenvalue weighted by atomic mass is 16.5. The Morgan fingerprint density at radius 2 is 2.15 bits per heavy atom. The first-order valence-corrected chi connectivity index (χ1v) is 6.51. The summed E-state index contributed by atoms with van der Waals surface area (Å²) in [5, 5.41) is 13.8. The lowest BCUT2D eigenvalue weighted by Crippen LogP contribution is -2.01. The summed E-state index contributed by atoms with van der Waals surface area (Å²) in [7, 11) is 3.36. The number of nitrogens with zero attached hydrogens (tertiary/aromatic N) is 2. The molecule has 0 amide bonds. The Morgan fingerprint density at radius 3 is 2.75 bits per heavy atom. The van der Waals surface area contributed by atoms with E-state index in [4.69, 9.17) is 4.74 Å². The van der Waals surface area contributed by atoms with Crippen molar-refractivity contribution in [1.82, 2.24) is 9.78 Å². The molecule has 1 heterocycles. The van der Waals surface area contributed by atoms with E-state index in [1.807, 2.05) is 13.2 Å². The highest BCUT2D eigenvalue weighted by Crippen LogP contribution is 2.30. The molecule has 2 rings (SSSR count). The molecule has 0 unspecified atom stereocenters. The van der Waals surface area contributed by atoms with E-state index >= 15 is 0 Å². The lowest BCUT2D eigenvalue weighted by molar-refractivity contribution is 0.0697. The van der Waals surface area contributed by atoms with Gasteiger partial charge in [-0.1, -0.05) is 13.3 Å². The minimum atomic E-state index is -0.967. The Bertz CT molecular complexity index is 632. The molecule has 0 saturated carbocycles. The molecule has 1 N–H and O–H groups in total. The second kappa shape index (κ2) is 5.77. The summed E-state index contributed by atoms with van der Waals surface area (Å²) in [6.07, 6.45) is 3.64. The summed E-state index contributed by atoms with van der Waals surface area (Å²) in [5.74, 6) is -0.433. The predicted octanol–water partition coefficient (Wildman–Crippen LogP) is 2.75. The van der Waals surface area contributed by atoms with Crippen LogP contribution in [0.5, 0.6) is 5.75 Å². The van der Waals surface area contributed by atoms with Crippen LogP contribution < -0.4 is 4.74 Å². The first kappa shape index (κ1) is 14.1. The number of methoxy groups -OCH3 is 1. The Kier molecular flexibility index (Phi) is 4.08. The van der Waals surface area contributed by atoms with Crippen LogP contribution in [0.1, 0.15) is 29.4 Å². The Labute approximate surface area is 117 Å². The first-order valence-electron chi connectivity index (χ1n) is 6.51. The van der Waals surface area contributed by atoms with Gasteiger partial charge in [-0.25, -0.2) is 4.79 Å². The van der Waals surface area contributed by atoms with E-state index in [2.05, 4.69) is 12.0 Å². The molecule has 0 saturated heterocycles.